The lowest BCUT2D eigenvalue weighted by molar-refractivity contribution is -0.115. The van der Waals surface area contributed by atoms with Crippen molar-refractivity contribution in [1.82, 2.24) is 19.7 Å². The molecule has 30 heavy (non-hydrogen) atoms. The molecule has 0 atom stereocenters. The van der Waals surface area contributed by atoms with Gasteiger partial charge in [-0.2, -0.15) is 0 Å². The van der Waals surface area contributed by atoms with Gasteiger partial charge in [-0.25, -0.2) is 0 Å². The minimum absolute atomic E-state index is 0.00451. The Morgan fingerprint density at radius 2 is 1.60 bits per heavy atom. The molecule has 7 nitrogen and oxygen atoms in total. The van der Waals surface area contributed by atoms with Crippen molar-refractivity contribution >= 4 is 29.0 Å². The summed E-state index contributed by atoms with van der Waals surface area (Å²) in [5, 5.41) is 9.38. The topological polar surface area (TPSA) is 63.5 Å². The predicted octanol–water partition coefficient (Wildman–Crippen LogP) is 3.10. The van der Waals surface area contributed by atoms with E-state index >= 15 is 0 Å². The molecule has 1 fully saturated rings. The quantitative estimate of drug-likeness (QED) is 0.544. The lowest BCUT2D eigenvalue weighted by Crippen LogP contribution is -2.36. The Morgan fingerprint density at radius 1 is 1.00 bits per heavy atom. The third-order valence-corrected chi connectivity index (χ3v) is 6.00. The average Bonchev–Trinajstić information content (AvgIpc) is 3.14. The van der Waals surface area contributed by atoms with Gasteiger partial charge in [-0.3, -0.25) is 14.6 Å². The second-order valence-corrected chi connectivity index (χ2v) is 7.98. The Labute approximate surface area is 180 Å². The van der Waals surface area contributed by atoms with Crippen LogP contribution in [-0.2, 0) is 23.1 Å². The van der Waals surface area contributed by atoms with Crippen LogP contribution in [0.5, 0.6) is 0 Å². The first-order valence-electron chi connectivity index (χ1n) is 9.96. The van der Waals surface area contributed by atoms with Crippen molar-refractivity contribution in [3.05, 3.63) is 66.5 Å². The first kappa shape index (κ1) is 20.6. The van der Waals surface area contributed by atoms with Crippen molar-refractivity contribution in [2.45, 2.75) is 11.7 Å². The van der Waals surface area contributed by atoms with Crippen LogP contribution in [0.2, 0.25) is 0 Å². The van der Waals surface area contributed by atoms with E-state index in [4.69, 9.17) is 4.74 Å². The van der Waals surface area contributed by atoms with Gasteiger partial charge >= 0.3 is 0 Å². The second-order valence-electron chi connectivity index (χ2n) is 7.04. The van der Waals surface area contributed by atoms with Gasteiger partial charge in [0.1, 0.15) is 5.82 Å². The highest BCUT2D eigenvalue weighted by molar-refractivity contribution is 7.99. The van der Waals surface area contributed by atoms with Gasteiger partial charge in [0.15, 0.2) is 5.16 Å². The summed E-state index contributed by atoms with van der Waals surface area (Å²) in [5.74, 6) is 1.16. The van der Waals surface area contributed by atoms with Crippen molar-refractivity contribution < 1.29 is 9.53 Å². The number of thioether (sulfide) groups is 1. The Hall–Kier alpha value is -2.68. The number of benzene rings is 2. The van der Waals surface area contributed by atoms with Crippen LogP contribution in [0.1, 0.15) is 5.82 Å². The van der Waals surface area contributed by atoms with Crippen molar-refractivity contribution in [2.24, 2.45) is 7.05 Å². The fourth-order valence-electron chi connectivity index (χ4n) is 3.35. The van der Waals surface area contributed by atoms with Crippen LogP contribution < -0.4 is 4.90 Å². The maximum Gasteiger partial charge on any atom is 0.242 e. The van der Waals surface area contributed by atoms with Crippen LogP contribution in [-0.4, -0.2) is 57.6 Å². The highest BCUT2D eigenvalue weighted by Gasteiger charge is 2.20. The van der Waals surface area contributed by atoms with Crippen LogP contribution in [0.4, 0.5) is 11.4 Å². The van der Waals surface area contributed by atoms with Crippen molar-refractivity contribution in [3.8, 4) is 0 Å². The molecule has 1 amide bonds. The van der Waals surface area contributed by atoms with E-state index in [1.165, 1.54) is 11.8 Å². The molecule has 0 aliphatic carbocycles. The van der Waals surface area contributed by atoms with E-state index < -0.39 is 0 Å². The van der Waals surface area contributed by atoms with Crippen LogP contribution >= 0.6 is 11.8 Å². The molecule has 1 aliphatic rings. The summed E-state index contributed by atoms with van der Waals surface area (Å²) < 4.78 is 7.38. The number of amides is 1. The van der Waals surface area contributed by atoms with Gasteiger partial charge in [-0.15, -0.1) is 10.2 Å². The fraction of sp³-hybridized carbons (Fsp3) is 0.318. The molecular weight excluding hydrogens is 398 g/mol. The lowest BCUT2D eigenvalue weighted by atomic mass is 10.2. The van der Waals surface area contributed by atoms with Gasteiger partial charge in [0.25, 0.3) is 0 Å². The van der Waals surface area contributed by atoms with E-state index in [1.54, 1.807) is 4.90 Å². The molecule has 3 aromatic rings. The minimum atomic E-state index is -0.00451. The molecule has 2 heterocycles. The Balaban J connectivity index is 1.45. The van der Waals surface area contributed by atoms with E-state index in [-0.39, 0.29) is 11.7 Å². The zero-order valence-corrected chi connectivity index (χ0v) is 17.8. The molecule has 0 bridgehead atoms. The Kier molecular flexibility index (Phi) is 6.78. The van der Waals surface area contributed by atoms with Crippen LogP contribution in [0.15, 0.2) is 65.8 Å². The molecule has 1 aliphatic heterocycles. The van der Waals surface area contributed by atoms with E-state index in [0.29, 0.717) is 0 Å². The lowest BCUT2D eigenvalue weighted by Gasteiger charge is -2.25. The van der Waals surface area contributed by atoms with E-state index in [9.17, 15) is 4.79 Å². The summed E-state index contributed by atoms with van der Waals surface area (Å²) in [6.45, 7) is 4.04. The minimum Gasteiger partial charge on any atom is -0.379 e. The maximum atomic E-state index is 13.2. The molecule has 0 spiro atoms. The number of aromatic nitrogens is 3. The molecule has 1 saturated heterocycles. The van der Waals surface area contributed by atoms with Crippen molar-refractivity contribution in [1.29, 1.82) is 0 Å². The standard InChI is InChI=1S/C22H25N5O2S/c1-25-20(16-26-12-14-29-15-13-26)23-24-22(25)30-17-21(28)27(18-8-4-2-5-9-18)19-10-6-3-7-11-19/h2-11H,12-17H2,1H3. The summed E-state index contributed by atoms with van der Waals surface area (Å²) >= 11 is 1.41. The Morgan fingerprint density at radius 3 is 2.20 bits per heavy atom. The van der Waals surface area contributed by atoms with E-state index in [2.05, 4.69) is 15.1 Å². The second kappa shape index (κ2) is 9.88. The van der Waals surface area contributed by atoms with Gasteiger partial charge in [0, 0.05) is 31.5 Å². The molecule has 1 aromatic heterocycles. The number of nitrogens with zero attached hydrogens (tertiary/aromatic N) is 5. The van der Waals surface area contributed by atoms with Gasteiger partial charge < -0.3 is 9.30 Å². The number of ether oxygens (including phenoxy) is 1. The first-order valence-corrected chi connectivity index (χ1v) is 10.9. The Bertz CT molecular complexity index is 919. The smallest absolute Gasteiger partial charge is 0.242 e. The zero-order chi connectivity index (χ0) is 20.8. The number of morpholine rings is 1. The highest BCUT2D eigenvalue weighted by atomic mass is 32.2. The number of hydrogen-bond donors (Lipinski definition) is 0. The van der Waals surface area contributed by atoms with E-state index in [1.807, 2.05) is 72.3 Å². The van der Waals surface area contributed by atoms with Crippen LogP contribution in [0, 0.1) is 0 Å². The van der Waals surface area contributed by atoms with E-state index in [0.717, 1.165) is 55.2 Å². The fourth-order valence-corrected chi connectivity index (χ4v) is 4.13. The predicted molar refractivity (Wildman–Crippen MR) is 118 cm³/mol. The summed E-state index contributed by atoms with van der Waals surface area (Å²) in [5.41, 5.74) is 1.69. The zero-order valence-electron chi connectivity index (χ0n) is 17.0. The van der Waals surface area contributed by atoms with Crippen LogP contribution in [0.25, 0.3) is 0 Å². The van der Waals surface area contributed by atoms with Gasteiger partial charge in [0.2, 0.25) is 5.91 Å². The number of para-hydroxylation sites is 2. The monoisotopic (exact) mass is 423 g/mol. The number of carbonyl (C=O) groups excluding carboxylic acids is 1. The van der Waals surface area contributed by atoms with Gasteiger partial charge in [0.05, 0.1) is 25.5 Å². The molecule has 0 N–H and O–H groups in total. The maximum absolute atomic E-state index is 13.2. The SMILES string of the molecule is Cn1c(CN2CCOCC2)nnc1SCC(=O)N(c1ccccc1)c1ccccc1. The molecule has 8 heteroatoms. The third-order valence-electron chi connectivity index (χ3n) is 5.00. The summed E-state index contributed by atoms with van der Waals surface area (Å²) in [4.78, 5) is 17.2. The number of anilines is 2. The molecule has 2 aromatic carbocycles. The molecule has 0 unspecified atom stereocenters. The number of hydrogen-bond acceptors (Lipinski definition) is 6. The molecule has 0 radical (unpaired) electrons. The molecule has 156 valence electrons. The molecule has 4 rings (SSSR count). The largest absolute Gasteiger partial charge is 0.379 e. The average molecular weight is 424 g/mol. The third kappa shape index (κ3) is 4.89. The molecule has 0 saturated carbocycles. The summed E-state index contributed by atoms with van der Waals surface area (Å²) in [7, 11) is 1.95. The molecular formula is C22H25N5O2S. The van der Waals surface area contributed by atoms with Crippen molar-refractivity contribution in [3.63, 3.8) is 0 Å². The van der Waals surface area contributed by atoms with Gasteiger partial charge in [-0.1, -0.05) is 48.2 Å². The van der Waals surface area contributed by atoms with Crippen molar-refractivity contribution in [2.75, 3.05) is 37.0 Å². The summed E-state index contributed by atoms with van der Waals surface area (Å²) in [6.07, 6.45) is 0. The first-order chi connectivity index (χ1) is 14.7. The van der Waals surface area contributed by atoms with Crippen LogP contribution in [0.3, 0.4) is 0 Å². The highest BCUT2D eigenvalue weighted by Crippen LogP contribution is 2.27. The van der Waals surface area contributed by atoms with Gasteiger partial charge in [-0.05, 0) is 24.3 Å². The number of rotatable bonds is 7. The normalized spacial score (nSPS) is 14.6. The summed E-state index contributed by atoms with van der Waals surface area (Å²) in [6, 6.07) is 19.4. The number of carbonyl (C=O) groups is 1.